The number of aliphatic carboxylic acids is 1. The van der Waals surface area contributed by atoms with Crippen LogP contribution >= 0.6 is 0 Å². The molecule has 21 heavy (non-hydrogen) atoms. The highest BCUT2D eigenvalue weighted by Gasteiger charge is 2.38. The average molecular weight is 298 g/mol. The number of rotatable bonds is 6. The van der Waals surface area contributed by atoms with E-state index in [1.807, 2.05) is 20.8 Å². The standard InChI is InChI=1S/C15H26N2O4/c1-4-17(11(2)3)14(21)16-12(18)9-15(10-13(19)20)7-5-6-8-15/h11H,4-10H2,1-3H3,(H,19,20)(H,16,18,21). The highest BCUT2D eigenvalue weighted by Crippen LogP contribution is 2.43. The lowest BCUT2D eigenvalue weighted by atomic mass is 9.79. The highest BCUT2D eigenvalue weighted by atomic mass is 16.4. The van der Waals surface area contributed by atoms with Crippen LogP contribution in [0, 0.1) is 5.41 Å². The second kappa shape index (κ2) is 7.43. The third kappa shape index (κ3) is 5.02. The summed E-state index contributed by atoms with van der Waals surface area (Å²) < 4.78 is 0. The van der Waals surface area contributed by atoms with Crippen molar-refractivity contribution in [1.29, 1.82) is 0 Å². The van der Waals surface area contributed by atoms with Crippen LogP contribution in [0.2, 0.25) is 0 Å². The summed E-state index contributed by atoms with van der Waals surface area (Å²) in [5, 5.41) is 11.4. The molecule has 3 amide bonds. The molecule has 1 fully saturated rings. The predicted octanol–water partition coefficient (Wildman–Crippen LogP) is 2.38. The summed E-state index contributed by atoms with van der Waals surface area (Å²) in [4.78, 5) is 36.7. The van der Waals surface area contributed by atoms with Crippen LogP contribution in [-0.4, -0.2) is 40.5 Å². The molecule has 2 N–H and O–H groups in total. The number of amides is 3. The van der Waals surface area contributed by atoms with Crippen LogP contribution in [0.1, 0.15) is 59.3 Å². The van der Waals surface area contributed by atoms with Gasteiger partial charge in [0.05, 0.1) is 6.42 Å². The summed E-state index contributed by atoms with van der Waals surface area (Å²) in [5.74, 6) is -1.25. The first-order chi connectivity index (χ1) is 9.79. The first-order valence-electron chi connectivity index (χ1n) is 7.62. The Balaban J connectivity index is 2.62. The zero-order valence-electron chi connectivity index (χ0n) is 13.1. The minimum atomic E-state index is -0.881. The molecule has 6 heteroatoms. The van der Waals surface area contributed by atoms with Crippen LogP contribution in [0.5, 0.6) is 0 Å². The Morgan fingerprint density at radius 1 is 1.19 bits per heavy atom. The second-order valence-electron chi connectivity index (χ2n) is 6.19. The number of carboxylic acid groups (broad SMARTS) is 1. The van der Waals surface area contributed by atoms with Gasteiger partial charge in [0.25, 0.3) is 0 Å². The van der Waals surface area contributed by atoms with Gasteiger partial charge in [-0.05, 0) is 39.0 Å². The number of carbonyl (C=O) groups excluding carboxylic acids is 2. The van der Waals surface area contributed by atoms with Crippen molar-refractivity contribution in [2.24, 2.45) is 5.41 Å². The number of carbonyl (C=O) groups is 3. The summed E-state index contributed by atoms with van der Waals surface area (Å²) in [6.07, 6.45) is 3.48. The van der Waals surface area contributed by atoms with Crippen LogP contribution < -0.4 is 5.32 Å². The Bertz CT molecular complexity index is 400. The third-order valence-electron chi connectivity index (χ3n) is 4.20. The van der Waals surface area contributed by atoms with E-state index in [4.69, 9.17) is 5.11 Å². The molecule has 1 aliphatic carbocycles. The average Bonchev–Trinajstić information content (AvgIpc) is 2.75. The molecule has 0 aromatic carbocycles. The molecule has 0 aliphatic heterocycles. The molecular weight excluding hydrogens is 272 g/mol. The van der Waals surface area contributed by atoms with Gasteiger partial charge in [-0.2, -0.15) is 0 Å². The van der Waals surface area contributed by atoms with E-state index in [-0.39, 0.29) is 24.8 Å². The molecule has 0 spiro atoms. The molecule has 6 nitrogen and oxygen atoms in total. The maximum Gasteiger partial charge on any atom is 0.324 e. The first-order valence-corrected chi connectivity index (χ1v) is 7.62. The molecule has 0 aromatic heterocycles. The summed E-state index contributed by atoms with van der Waals surface area (Å²) in [6.45, 7) is 6.15. The van der Waals surface area contributed by atoms with Crippen molar-refractivity contribution in [3.05, 3.63) is 0 Å². The van der Waals surface area contributed by atoms with Crippen molar-refractivity contribution in [3.8, 4) is 0 Å². The van der Waals surface area contributed by atoms with Gasteiger partial charge in [-0.25, -0.2) is 4.79 Å². The largest absolute Gasteiger partial charge is 0.481 e. The van der Waals surface area contributed by atoms with Crippen LogP contribution in [0.15, 0.2) is 0 Å². The number of imide groups is 1. The molecule has 0 atom stereocenters. The lowest BCUT2D eigenvalue weighted by molar-refractivity contribution is -0.140. The van der Waals surface area contributed by atoms with Gasteiger partial charge in [0.2, 0.25) is 5.91 Å². The SMILES string of the molecule is CCN(C(=O)NC(=O)CC1(CC(=O)O)CCCC1)C(C)C. The summed E-state index contributed by atoms with van der Waals surface area (Å²) >= 11 is 0. The van der Waals surface area contributed by atoms with E-state index >= 15 is 0 Å². The molecular formula is C15H26N2O4. The summed E-state index contributed by atoms with van der Waals surface area (Å²) in [5.41, 5.74) is -0.481. The number of nitrogens with zero attached hydrogens (tertiary/aromatic N) is 1. The van der Waals surface area contributed by atoms with Gasteiger partial charge in [0, 0.05) is 19.0 Å². The second-order valence-corrected chi connectivity index (χ2v) is 6.19. The summed E-state index contributed by atoms with van der Waals surface area (Å²) in [7, 11) is 0. The van der Waals surface area contributed by atoms with Crippen molar-refractivity contribution >= 4 is 17.9 Å². The lowest BCUT2D eigenvalue weighted by Gasteiger charge is -2.28. The fourth-order valence-electron chi connectivity index (χ4n) is 3.18. The van der Waals surface area contributed by atoms with Gasteiger partial charge in [-0.15, -0.1) is 0 Å². The van der Waals surface area contributed by atoms with Crippen molar-refractivity contribution in [2.45, 2.75) is 65.3 Å². The lowest BCUT2D eigenvalue weighted by Crippen LogP contribution is -2.47. The molecule has 0 saturated heterocycles. The number of carboxylic acids is 1. The van der Waals surface area contributed by atoms with E-state index in [1.54, 1.807) is 4.90 Å². The predicted molar refractivity (Wildman–Crippen MR) is 78.8 cm³/mol. The molecule has 0 heterocycles. The minimum Gasteiger partial charge on any atom is -0.481 e. The molecule has 1 rings (SSSR count). The Kier molecular flexibility index (Phi) is 6.18. The van der Waals surface area contributed by atoms with Crippen molar-refractivity contribution in [3.63, 3.8) is 0 Å². The fraction of sp³-hybridized carbons (Fsp3) is 0.800. The summed E-state index contributed by atoms with van der Waals surface area (Å²) in [6, 6.07) is -0.386. The van der Waals surface area contributed by atoms with Gasteiger partial charge < -0.3 is 10.0 Å². The van der Waals surface area contributed by atoms with Crippen LogP contribution in [0.4, 0.5) is 4.79 Å². The van der Waals surface area contributed by atoms with Crippen molar-refractivity contribution in [2.75, 3.05) is 6.54 Å². The fourth-order valence-corrected chi connectivity index (χ4v) is 3.18. The molecule has 1 saturated carbocycles. The normalized spacial score (nSPS) is 16.8. The van der Waals surface area contributed by atoms with E-state index in [0.29, 0.717) is 6.54 Å². The third-order valence-corrected chi connectivity index (χ3v) is 4.20. The highest BCUT2D eigenvalue weighted by molar-refractivity contribution is 5.94. The molecule has 0 unspecified atom stereocenters. The van der Waals surface area contributed by atoms with Crippen LogP contribution in [0.25, 0.3) is 0 Å². The van der Waals surface area contributed by atoms with E-state index in [2.05, 4.69) is 5.32 Å². The maximum atomic E-state index is 12.1. The van der Waals surface area contributed by atoms with Gasteiger partial charge in [-0.3, -0.25) is 14.9 Å². The Labute approximate surface area is 125 Å². The maximum absolute atomic E-state index is 12.1. The van der Waals surface area contributed by atoms with E-state index in [1.165, 1.54) is 0 Å². The topological polar surface area (TPSA) is 86.7 Å². The zero-order valence-corrected chi connectivity index (χ0v) is 13.1. The van der Waals surface area contributed by atoms with E-state index in [0.717, 1.165) is 25.7 Å². The molecule has 120 valence electrons. The van der Waals surface area contributed by atoms with Gasteiger partial charge in [-0.1, -0.05) is 12.8 Å². The van der Waals surface area contributed by atoms with Gasteiger partial charge in [0.1, 0.15) is 0 Å². The molecule has 0 aromatic rings. The smallest absolute Gasteiger partial charge is 0.324 e. The van der Waals surface area contributed by atoms with Crippen molar-refractivity contribution < 1.29 is 19.5 Å². The number of hydrogen-bond acceptors (Lipinski definition) is 3. The molecule has 1 aliphatic rings. The molecule has 0 bridgehead atoms. The zero-order chi connectivity index (χ0) is 16.0. The van der Waals surface area contributed by atoms with Crippen LogP contribution in [0.3, 0.4) is 0 Å². The first kappa shape index (κ1) is 17.5. The van der Waals surface area contributed by atoms with Crippen LogP contribution in [-0.2, 0) is 9.59 Å². The monoisotopic (exact) mass is 298 g/mol. The quantitative estimate of drug-likeness (QED) is 0.788. The number of urea groups is 1. The van der Waals surface area contributed by atoms with E-state index in [9.17, 15) is 14.4 Å². The Hall–Kier alpha value is -1.59. The minimum absolute atomic E-state index is 0.00369. The number of hydrogen-bond donors (Lipinski definition) is 2. The van der Waals surface area contributed by atoms with Gasteiger partial charge in [0.15, 0.2) is 0 Å². The Morgan fingerprint density at radius 3 is 2.19 bits per heavy atom. The van der Waals surface area contributed by atoms with E-state index < -0.39 is 17.4 Å². The molecule has 0 radical (unpaired) electrons. The Morgan fingerprint density at radius 2 is 1.76 bits per heavy atom. The van der Waals surface area contributed by atoms with Crippen molar-refractivity contribution in [1.82, 2.24) is 10.2 Å². The van der Waals surface area contributed by atoms with Gasteiger partial charge >= 0.3 is 12.0 Å². The number of nitrogens with one attached hydrogen (secondary N) is 1.